The van der Waals surface area contributed by atoms with Gasteiger partial charge in [0.05, 0.1) is 16.1 Å². The van der Waals surface area contributed by atoms with Gasteiger partial charge in [0.25, 0.3) is 5.56 Å². The van der Waals surface area contributed by atoms with Gasteiger partial charge in [-0.05, 0) is 30.3 Å². The number of benzene rings is 2. The zero-order chi connectivity index (χ0) is 16.4. The van der Waals surface area contributed by atoms with Crippen LogP contribution >= 0.6 is 11.6 Å². The summed E-state index contributed by atoms with van der Waals surface area (Å²) in [6, 6.07) is 13.1. The van der Waals surface area contributed by atoms with Gasteiger partial charge in [0.1, 0.15) is 11.9 Å². The molecular formula is C17H11ClFN3O. The highest BCUT2D eigenvalue weighted by atomic mass is 35.5. The highest BCUT2D eigenvalue weighted by Gasteiger charge is 2.07. The van der Waals surface area contributed by atoms with Gasteiger partial charge in [0, 0.05) is 23.2 Å². The molecule has 1 aromatic heterocycles. The smallest absolute Gasteiger partial charge is 0.253 e. The van der Waals surface area contributed by atoms with Gasteiger partial charge >= 0.3 is 0 Å². The maximum Gasteiger partial charge on any atom is 0.253 e. The van der Waals surface area contributed by atoms with Gasteiger partial charge in [0.15, 0.2) is 0 Å². The van der Waals surface area contributed by atoms with Crippen LogP contribution < -0.4 is 10.9 Å². The first-order valence-corrected chi connectivity index (χ1v) is 7.20. The minimum Gasteiger partial charge on any atom is -0.381 e. The number of pyridine rings is 1. The number of hydrogen-bond acceptors (Lipinski definition) is 3. The van der Waals surface area contributed by atoms with E-state index in [1.165, 1.54) is 12.1 Å². The summed E-state index contributed by atoms with van der Waals surface area (Å²) in [5, 5.41) is 13.0. The van der Waals surface area contributed by atoms with Crippen LogP contribution in [0.4, 0.5) is 10.1 Å². The summed E-state index contributed by atoms with van der Waals surface area (Å²) in [6.07, 6.45) is 0. The number of rotatable bonds is 3. The summed E-state index contributed by atoms with van der Waals surface area (Å²) in [6.45, 7) is 0.225. The molecule has 2 N–H and O–H groups in total. The van der Waals surface area contributed by atoms with E-state index in [0.717, 1.165) is 5.39 Å². The van der Waals surface area contributed by atoms with Gasteiger partial charge in [-0.3, -0.25) is 4.79 Å². The molecule has 4 nitrogen and oxygen atoms in total. The van der Waals surface area contributed by atoms with E-state index in [2.05, 4.69) is 10.3 Å². The third-order valence-electron chi connectivity index (χ3n) is 3.48. The molecule has 0 unspecified atom stereocenters. The summed E-state index contributed by atoms with van der Waals surface area (Å²) >= 11 is 6.05. The number of H-pyrrole nitrogens is 1. The van der Waals surface area contributed by atoms with Crippen LogP contribution in [0.3, 0.4) is 0 Å². The Morgan fingerprint density at radius 2 is 2.09 bits per heavy atom. The number of halogens is 2. The molecule has 0 atom stereocenters. The van der Waals surface area contributed by atoms with E-state index in [-0.39, 0.29) is 17.7 Å². The number of aromatic nitrogens is 1. The van der Waals surface area contributed by atoms with Crippen LogP contribution in [-0.4, -0.2) is 4.98 Å². The molecule has 1 heterocycles. The van der Waals surface area contributed by atoms with Crippen LogP contribution in [0.5, 0.6) is 0 Å². The normalized spacial score (nSPS) is 10.5. The van der Waals surface area contributed by atoms with Crippen LogP contribution in [0.25, 0.3) is 10.9 Å². The molecule has 0 aliphatic carbocycles. The lowest BCUT2D eigenvalue weighted by molar-refractivity contribution is 0.624. The SMILES string of the molecule is N#Cc1ccc(NCc2cc3cccc(Cl)c3[nH]c2=O)cc1F. The van der Waals surface area contributed by atoms with Gasteiger partial charge < -0.3 is 10.3 Å². The number of nitrogens with one attached hydrogen (secondary N) is 2. The Morgan fingerprint density at radius 1 is 1.26 bits per heavy atom. The monoisotopic (exact) mass is 327 g/mol. The molecule has 0 saturated heterocycles. The van der Waals surface area contributed by atoms with E-state index in [0.29, 0.717) is 21.8 Å². The topological polar surface area (TPSA) is 68.7 Å². The molecule has 6 heteroatoms. The van der Waals surface area contributed by atoms with Crippen molar-refractivity contribution in [3.8, 4) is 6.07 Å². The van der Waals surface area contributed by atoms with Crippen molar-refractivity contribution in [2.24, 2.45) is 0 Å². The largest absolute Gasteiger partial charge is 0.381 e. The van der Waals surface area contributed by atoms with Gasteiger partial charge in [0.2, 0.25) is 0 Å². The Hall–Kier alpha value is -2.84. The first-order valence-electron chi connectivity index (χ1n) is 6.82. The molecule has 0 aliphatic rings. The summed E-state index contributed by atoms with van der Waals surface area (Å²) in [4.78, 5) is 14.9. The van der Waals surface area contributed by atoms with Crippen molar-refractivity contribution in [2.45, 2.75) is 6.54 Å². The number of nitriles is 1. The highest BCUT2D eigenvalue weighted by molar-refractivity contribution is 6.35. The lowest BCUT2D eigenvalue weighted by Gasteiger charge is -2.08. The average molecular weight is 328 g/mol. The summed E-state index contributed by atoms with van der Waals surface area (Å²) in [7, 11) is 0. The summed E-state index contributed by atoms with van der Waals surface area (Å²) in [5.74, 6) is -0.600. The molecule has 3 aromatic rings. The molecule has 0 saturated carbocycles. The number of nitrogens with zero attached hydrogens (tertiary/aromatic N) is 1. The van der Waals surface area contributed by atoms with E-state index in [1.807, 2.05) is 6.07 Å². The Kier molecular flexibility index (Phi) is 4.00. The van der Waals surface area contributed by atoms with Crippen LogP contribution in [0.15, 0.2) is 47.3 Å². The number of hydrogen-bond donors (Lipinski definition) is 2. The average Bonchev–Trinajstić information content (AvgIpc) is 2.54. The fourth-order valence-electron chi connectivity index (χ4n) is 2.28. The van der Waals surface area contributed by atoms with Crippen molar-refractivity contribution < 1.29 is 4.39 Å². The first-order chi connectivity index (χ1) is 11.1. The fraction of sp³-hybridized carbons (Fsp3) is 0.0588. The lowest BCUT2D eigenvalue weighted by atomic mass is 10.1. The van der Waals surface area contributed by atoms with Crippen LogP contribution in [0.2, 0.25) is 5.02 Å². The highest BCUT2D eigenvalue weighted by Crippen LogP contribution is 2.21. The van der Waals surface area contributed by atoms with Crippen molar-refractivity contribution in [2.75, 3.05) is 5.32 Å². The fourth-order valence-corrected chi connectivity index (χ4v) is 2.51. The quantitative estimate of drug-likeness (QED) is 0.768. The maximum absolute atomic E-state index is 13.6. The molecule has 23 heavy (non-hydrogen) atoms. The Bertz CT molecular complexity index is 991. The van der Waals surface area contributed by atoms with Gasteiger partial charge in [-0.2, -0.15) is 5.26 Å². The van der Waals surface area contributed by atoms with E-state index in [4.69, 9.17) is 16.9 Å². The van der Waals surface area contributed by atoms with Crippen LogP contribution in [0, 0.1) is 17.1 Å². The lowest BCUT2D eigenvalue weighted by Crippen LogP contribution is -2.15. The predicted octanol–water partition coefficient (Wildman–Crippen LogP) is 3.80. The third kappa shape index (κ3) is 3.03. The molecule has 3 rings (SSSR count). The maximum atomic E-state index is 13.6. The number of para-hydroxylation sites is 1. The van der Waals surface area contributed by atoms with Crippen molar-refractivity contribution in [3.63, 3.8) is 0 Å². The molecule has 0 radical (unpaired) electrons. The van der Waals surface area contributed by atoms with E-state index in [1.54, 1.807) is 30.3 Å². The van der Waals surface area contributed by atoms with Gasteiger partial charge in [-0.15, -0.1) is 0 Å². The van der Waals surface area contributed by atoms with Crippen LogP contribution in [0.1, 0.15) is 11.1 Å². The van der Waals surface area contributed by atoms with Crippen molar-refractivity contribution in [1.82, 2.24) is 4.98 Å². The van der Waals surface area contributed by atoms with Crippen molar-refractivity contribution >= 4 is 28.2 Å². The van der Waals surface area contributed by atoms with E-state index >= 15 is 0 Å². The number of fused-ring (bicyclic) bond motifs is 1. The van der Waals surface area contributed by atoms with E-state index < -0.39 is 5.82 Å². The number of aromatic amines is 1. The summed E-state index contributed by atoms with van der Waals surface area (Å²) in [5.41, 5.74) is 1.31. The minimum atomic E-state index is -0.600. The third-order valence-corrected chi connectivity index (χ3v) is 3.79. The molecule has 0 amide bonds. The van der Waals surface area contributed by atoms with Crippen LogP contribution in [-0.2, 0) is 6.54 Å². The zero-order valence-electron chi connectivity index (χ0n) is 11.9. The standard InChI is InChI=1S/C17H11ClFN3O/c18-14-3-1-2-10-6-12(17(23)22-16(10)14)9-21-13-5-4-11(8-20)15(19)7-13/h1-7,21H,9H2,(H,22,23). The zero-order valence-corrected chi connectivity index (χ0v) is 12.6. The first kappa shape index (κ1) is 15.1. The molecule has 0 spiro atoms. The van der Waals surface area contributed by atoms with Gasteiger partial charge in [-0.1, -0.05) is 23.7 Å². The molecule has 0 fully saturated rings. The van der Waals surface area contributed by atoms with E-state index in [9.17, 15) is 9.18 Å². The van der Waals surface area contributed by atoms with Gasteiger partial charge in [-0.25, -0.2) is 4.39 Å². The Morgan fingerprint density at radius 3 is 2.83 bits per heavy atom. The molecule has 0 aliphatic heterocycles. The second-order valence-corrected chi connectivity index (χ2v) is 5.39. The number of anilines is 1. The molecule has 0 bridgehead atoms. The van der Waals surface area contributed by atoms with Crippen molar-refractivity contribution in [1.29, 1.82) is 5.26 Å². The molecule has 2 aromatic carbocycles. The molecular weight excluding hydrogens is 317 g/mol. The minimum absolute atomic E-state index is 0.0197. The predicted molar refractivity (Wildman–Crippen MR) is 88.0 cm³/mol. The second kappa shape index (κ2) is 6.11. The Labute approximate surface area is 136 Å². The summed E-state index contributed by atoms with van der Waals surface area (Å²) < 4.78 is 13.6. The molecule has 114 valence electrons. The Balaban J connectivity index is 1.87. The van der Waals surface area contributed by atoms with Crippen molar-refractivity contribution in [3.05, 3.63) is 74.8 Å². The second-order valence-electron chi connectivity index (χ2n) is 4.99.